The molecule has 0 bridgehead atoms. The van der Waals surface area contributed by atoms with Crippen LogP contribution in [0.5, 0.6) is 23.0 Å². The third-order valence-corrected chi connectivity index (χ3v) is 24.4. The number of nitrogens with zero attached hydrogens (tertiary/aromatic N) is 12. The molecule has 26 nitrogen and oxygen atoms in total. The van der Waals surface area contributed by atoms with Gasteiger partial charge in [0.25, 0.3) is 5.91 Å². The summed E-state index contributed by atoms with van der Waals surface area (Å²) in [7, 11) is -1.79. The Labute approximate surface area is 658 Å². The Bertz CT molecular complexity index is 5150. The fraction of sp³-hybridized carbons (Fsp3) is 0.312. The molecule has 6 saturated heterocycles. The molecule has 35 heteroatoms. The number of amides is 5. The standard InChI is InChI=1S/C39H37ClFN7O6S.C38H35ClF3N7O6S2/c1-52-38(50)33-32(43-35(36-42-12-19-55-36)44-34(33)30-11-4-25(41)20-31(30)40)23-45-13-14-47-27(21-45)22-48(39(47)51)26-5-9-29(10-6-26)54-28-7-2-24(3-8-28)37(49)46-15-17-53-18-16-46;1-54-36(50)32-31(44-34(35-43-14-18-56-35)45-33(32)29-12-3-23(40)19-30(29)39)22-46-16-17-47-25(20-46)21-48(37(47)51)24-4-6-26(7-5-24)55-27-8-10-28(11-9-27)57(52,53)49-15-2-13-38(49,41)42/h2-12,19-20,27,34H,13-18,21-23H2,1H3,(H,43,44);3-12,14,18-19,25,33H,2,13,15-17,20-22H2,1H3,(H,44,45)/t27-,34-;25-,33-/m00/s1. The number of urea groups is 2. The fourth-order valence-corrected chi connectivity index (χ4v) is 18.0. The highest BCUT2D eigenvalue weighted by Gasteiger charge is 2.50. The SMILES string of the molecule is COC(=O)C1=C(CN2CCN3C(=O)N(c4ccc(Oc5ccc(C(=O)N6CCOCC6)cc5)cc4)C[C@@H]3C2)NC(c2nccs2)=N[C@H]1c1ccc(F)cc1Cl.COC(=O)C1=C(CN2CCN3C(=O)N(c4ccc(Oc5ccc(S(=O)(=O)N6CCCC6(F)F)cc5)cc4)C[C@@H]3C2)NC(c2nccs2)=N[C@H]1c1ccc(F)cc1Cl. The minimum atomic E-state index is -4.37. The van der Waals surface area contributed by atoms with Crippen molar-refractivity contribution in [2.24, 2.45) is 9.98 Å². The minimum Gasteiger partial charge on any atom is -0.466 e. The molecule has 112 heavy (non-hydrogen) atoms. The molecule has 0 spiro atoms. The van der Waals surface area contributed by atoms with Crippen LogP contribution in [0.3, 0.4) is 0 Å². The topological polar surface area (TPSA) is 266 Å². The summed E-state index contributed by atoms with van der Waals surface area (Å²) in [6.07, 6.45) is 2.89. The quantitative estimate of drug-likeness (QED) is 0.0433. The zero-order chi connectivity index (χ0) is 78.1. The van der Waals surface area contributed by atoms with Gasteiger partial charge in [0.15, 0.2) is 21.7 Å². The lowest BCUT2D eigenvalue weighted by atomic mass is 9.95. The van der Waals surface area contributed by atoms with Crippen LogP contribution < -0.4 is 29.9 Å². The van der Waals surface area contributed by atoms with Crippen LogP contribution in [0.15, 0.2) is 194 Å². The lowest BCUT2D eigenvalue weighted by Gasteiger charge is -2.38. The number of nitrogens with one attached hydrogen (secondary N) is 2. The molecular formula is C77H72Cl2F4N14O12S3. The van der Waals surface area contributed by atoms with E-state index in [1.165, 1.54) is 97.6 Å². The number of methoxy groups -OCH3 is 2. The molecule has 4 atom stereocenters. The smallest absolute Gasteiger partial charge is 0.338 e. The number of morpholine rings is 1. The predicted octanol–water partition coefficient (Wildman–Crippen LogP) is 11.6. The number of esters is 2. The summed E-state index contributed by atoms with van der Waals surface area (Å²) in [5.41, 5.74) is 4.48. The van der Waals surface area contributed by atoms with E-state index in [1.54, 1.807) is 81.0 Å². The molecule has 6 fully saturated rings. The first-order chi connectivity index (χ1) is 54.1. The first kappa shape index (κ1) is 77.0. The Morgan fingerprint density at radius 3 is 1.42 bits per heavy atom. The van der Waals surface area contributed by atoms with Gasteiger partial charge in [0, 0.05) is 164 Å². The number of hydrogen-bond donors (Lipinski definition) is 2. The van der Waals surface area contributed by atoms with E-state index >= 15 is 0 Å². The first-order valence-corrected chi connectivity index (χ1v) is 39.7. The molecule has 0 aliphatic carbocycles. The number of aliphatic imine (C=N–C) groups is 2. The summed E-state index contributed by atoms with van der Waals surface area (Å²) >= 11 is 15.8. The number of sulfonamides is 1. The Morgan fingerprint density at radius 1 is 0.580 bits per heavy atom. The second-order valence-corrected chi connectivity index (χ2v) is 31.6. The summed E-state index contributed by atoms with van der Waals surface area (Å²) < 4.78 is 110. The molecule has 2 aromatic heterocycles. The number of aromatic nitrogens is 2. The van der Waals surface area contributed by atoms with Crippen LogP contribution in [0.4, 0.5) is 38.5 Å². The average molecular weight is 1630 g/mol. The fourth-order valence-electron chi connectivity index (χ4n) is 14.7. The molecule has 8 aliphatic heterocycles. The van der Waals surface area contributed by atoms with E-state index in [9.17, 15) is 50.0 Å². The molecule has 2 N–H and O–H groups in total. The number of halogens is 6. The number of amidine groups is 2. The third kappa shape index (κ3) is 16.2. The molecule has 8 aliphatic rings. The molecule has 0 saturated carbocycles. The van der Waals surface area contributed by atoms with Gasteiger partial charge in [-0.15, -0.1) is 27.0 Å². The zero-order valence-corrected chi connectivity index (χ0v) is 64.1. The van der Waals surface area contributed by atoms with Gasteiger partial charge in [-0.1, -0.05) is 35.3 Å². The van der Waals surface area contributed by atoms with Gasteiger partial charge in [-0.3, -0.25) is 34.4 Å². The van der Waals surface area contributed by atoms with Crippen molar-refractivity contribution >= 4 is 109 Å². The van der Waals surface area contributed by atoms with Crippen molar-refractivity contribution in [3.63, 3.8) is 0 Å². The van der Waals surface area contributed by atoms with Crippen LogP contribution in [0.1, 0.15) is 56.4 Å². The van der Waals surface area contributed by atoms with Crippen molar-refractivity contribution in [1.29, 1.82) is 0 Å². The van der Waals surface area contributed by atoms with Crippen molar-refractivity contribution in [3.05, 3.63) is 228 Å². The largest absolute Gasteiger partial charge is 0.466 e. The molecule has 0 unspecified atom stereocenters. The van der Waals surface area contributed by atoms with Gasteiger partial charge < -0.3 is 49.0 Å². The van der Waals surface area contributed by atoms with Gasteiger partial charge in [0.2, 0.25) is 10.0 Å². The predicted molar refractivity (Wildman–Crippen MR) is 410 cm³/mol. The maximum Gasteiger partial charge on any atom is 0.338 e. The third-order valence-electron chi connectivity index (χ3n) is 20.3. The summed E-state index contributed by atoms with van der Waals surface area (Å²) in [6, 6.07) is 28.8. The number of alkyl halides is 2. The second kappa shape index (κ2) is 32.8. The summed E-state index contributed by atoms with van der Waals surface area (Å²) in [5, 5.41) is 11.7. The van der Waals surface area contributed by atoms with Gasteiger partial charge in [-0.2, -0.15) is 8.78 Å². The maximum atomic E-state index is 14.2. The Morgan fingerprint density at radius 2 is 1.02 bits per heavy atom. The summed E-state index contributed by atoms with van der Waals surface area (Å²) in [6.45, 7) is 6.54. The number of thiazole rings is 2. The number of ether oxygens (including phenoxy) is 5. The lowest BCUT2D eigenvalue weighted by molar-refractivity contribution is -0.137. The summed E-state index contributed by atoms with van der Waals surface area (Å²) in [5.74, 6) is 0.560. The first-order valence-electron chi connectivity index (χ1n) is 35.7. The van der Waals surface area contributed by atoms with Crippen LogP contribution in [-0.4, -0.2) is 219 Å². The van der Waals surface area contributed by atoms with Crippen LogP contribution in [0.25, 0.3) is 0 Å². The highest BCUT2D eigenvalue weighted by molar-refractivity contribution is 7.89. The highest BCUT2D eigenvalue weighted by Crippen LogP contribution is 2.42. The van der Waals surface area contributed by atoms with E-state index in [1.807, 2.05) is 39.4 Å². The number of hydrogen-bond acceptors (Lipinski definition) is 22. The van der Waals surface area contributed by atoms with Crippen molar-refractivity contribution in [1.82, 2.24) is 49.4 Å². The number of piperazine rings is 2. The molecule has 8 aromatic rings. The van der Waals surface area contributed by atoms with Crippen LogP contribution >= 0.6 is 45.9 Å². The van der Waals surface area contributed by atoms with Gasteiger partial charge >= 0.3 is 30.0 Å². The van der Waals surface area contributed by atoms with E-state index in [-0.39, 0.29) is 80.0 Å². The van der Waals surface area contributed by atoms with Crippen molar-refractivity contribution in [3.8, 4) is 23.0 Å². The monoisotopic (exact) mass is 1630 g/mol. The summed E-state index contributed by atoms with van der Waals surface area (Å²) in [4.78, 5) is 98.3. The van der Waals surface area contributed by atoms with Crippen LogP contribution in [0.2, 0.25) is 10.0 Å². The molecule has 10 heterocycles. The van der Waals surface area contributed by atoms with Gasteiger partial charge in [-0.25, -0.2) is 46.3 Å². The molecule has 0 radical (unpaired) electrons. The average Bonchev–Trinajstić information content (AvgIpc) is 1.25. The van der Waals surface area contributed by atoms with Crippen LogP contribution in [0, 0.1) is 11.6 Å². The van der Waals surface area contributed by atoms with Crippen LogP contribution in [-0.2, 0) is 33.8 Å². The normalized spacial score (nSPS) is 20.8. The van der Waals surface area contributed by atoms with E-state index in [0.29, 0.717) is 164 Å². The minimum absolute atomic E-state index is 0.0289. The second-order valence-electron chi connectivity index (χ2n) is 27.2. The van der Waals surface area contributed by atoms with Crippen molar-refractivity contribution < 1.29 is 73.6 Å². The van der Waals surface area contributed by atoms with Gasteiger partial charge in [0.1, 0.15) is 46.7 Å². The number of carbonyl (C=O) groups is 5. The number of fused-ring (bicyclic) bond motifs is 2. The number of benzene rings is 6. The molecule has 582 valence electrons. The maximum absolute atomic E-state index is 14.2. The van der Waals surface area contributed by atoms with E-state index in [4.69, 9.17) is 56.9 Å². The van der Waals surface area contributed by atoms with Gasteiger partial charge in [-0.05, 0) is 128 Å². The van der Waals surface area contributed by atoms with E-state index in [2.05, 4.69) is 30.4 Å². The van der Waals surface area contributed by atoms with E-state index < -0.39 is 58.1 Å². The van der Waals surface area contributed by atoms with Gasteiger partial charge in [0.05, 0.1) is 55.6 Å². The zero-order valence-electron chi connectivity index (χ0n) is 60.1. The molecule has 16 rings (SSSR count). The molecular weight excluding hydrogens is 1560 g/mol. The molecule has 6 aromatic carbocycles. The lowest BCUT2D eigenvalue weighted by Crippen LogP contribution is -2.53. The molecule has 5 amide bonds. The van der Waals surface area contributed by atoms with Crippen molar-refractivity contribution in [2.75, 3.05) is 122 Å². The number of carbonyl (C=O) groups excluding carboxylic acids is 5. The van der Waals surface area contributed by atoms with E-state index in [0.717, 1.165) is 5.69 Å². The Kier molecular flexibility index (Phi) is 22.5. The van der Waals surface area contributed by atoms with Crippen molar-refractivity contribution in [2.45, 2.75) is 48.0 Å². The Balaban J connectivity index is 0.000000177. The number of rotatable bonds is 19. The Hall–Kier alpha value is -10.4. The highest BCUT2D eigenvalue weighted by atomic mass is 35.5. The number of anilines is 2.